The zero-order valence-electron chi connectivity index (χ0n) is 13.4. The SMILES string of the molecule is O=c1cc(C(F)(F)F)c2ccc(OCc3cc(-c4ccco4)on3)cc2o1. The Hall–Kier alpha value is -3.49. The van der Waals surface area contributed by atoms with Crippen LogP contribution in [0.15, 0.2) is 66.9 Å². The van der Waals surface area contributed by atoms with Crippen molar-refractivity contribution >= 4 is 11.0 Å². The van der Waals surface area contributed by atoms with E-state index in [0.717, 1.165) is 0 Å². The number of aromatic nitrogens is 1. The summed E-state index contributed by atoms with van der Waals surface area (Å²) in [5, 5.41) is 3.60. The van der Waals surface area contributed by atoms with Crippen LogP contribution in [0.3, 0.4) is 0 Å². The lowest BCUT2D eigenvalue weighted by atomic mass is 10.1. The predicted molar refractivity (Wildman–Crippen MR) is 86.0 cm³/mol. The second-order valence-electron chi connectivity index (χ2n) is 5.58. The molecule has 0 saturated heterocycles. The van der Waals surface area contributed by atoms with Crippen molar-refractivity contribution in [3.05, 3.63) is 70.4 Å². The maximum absolute atomic E-state index is 13.0. The Bertz CT molecular complexity index is 1140. The Morgan fingerprint density at radius 1 is 1.07 bits per heavy atom. The van der Waals surface area contributed by atoms with Crippen molar-refractivity contribution in [1.82, 2.24) is 5.16 Å². The summed E-state index contributed by atoms with van der Waals surface area (Å²) in [6, 6.07) is 9.20. The second-order valence-corrected chi connectivity index (χ2v) is 5.58. The Labute approximate surface area is 148 Å². The third-order valence-corrected chi connectivity index (χ3v) is 3.73. The number of halogens is 3. The van der Waals surface area contributed by atoms with E-state index in [1.54, 1.807) is 18.2 Å². The molecular formula is C18H10F3NO5. The standard InChI is InChI=1S/C18H10F3NO5/c19-18(20,21)13-8-17(23)26-15-7-11(3-4-12(13)15)25-9-10-6-16(27-22-10)14-2-1-5-24-14/h1-8H,9H2. The summed E-state index contributed by atoms with van der Waals surface area (Å²) in [7, 11) is 0. The highest BCUT2D eigenvalue weighted by Gasteiger charge is 2.33. The van der Waals surface area contributed by atoms with E-state index in [-0.39, 0.29) is 23.3 Å². The van der Waals surface area contributed by atoms with Crippen LogP contribution >= 0.6 is 0 Å². The van der Waals surface area contributed by atoms with Crippen LogP contribution in [0.25, 0.3) is 22.5 Å². The van der Waals surface area contributed by atoms with Crippen LogP contribution in [0.5, 0.6) is 5.75 Å². The van der Waals surface area contributed by atoms with Crippen molar-refractivity contribution in [2.45, 2.75) is 12.8 Å². The molecule has 0 aliphatic carbocycles. The summed E-state index contributed by atoms with van der Waals surface area (Å²) >= 11 is 0. The lowest BCUT2D eigenvalue weighted by molar-refractivity contribution is -0.136. The first kappa shape index (κ1) is 17.0. The Morgan fingerprint density at radius 3 is 2.67 bits per heavy atom. The van der Waals surface area contributed by atoms with Crippen molar-refractivity contribution in [2.24, 2.45) is 0 Å². The average Bonchev–Trinajstić information content (AvgIpc) is 3.29. The quantitative estimate of drug-likeness (QED) is 0.482. The van der Waals surface area contributed by atoms with Gasteiger partial charge in [0.1, 0.15) is 23.6 Å². The van der Waals surface area contributed by atoms with E-state index >= 15 is 0 Å². The third kappa shape index (κ3) is 3.43. The summed E-state index contributed by atoms with van der Waals surface area (Å²) in [5.74, 6) is 1.13. The summed E-state index contributed by atoms with van der Waals surface area (Å²) in [6.07, 6.45) is -3.17. The number of benzene rings is 1. The van der Waals surface area contributed by atoms with Gasteiger partial charge in [-0.15, -0.1) is 0 Å². The van der Waals surface area contributed by atoms with Gasteiger partial charge >= 0.3 is 11.8 Å². The van der Waals surface area contributed by atoms with Crippen molar-refractivity contribution in [1.29, 1.82) is 0 Å². The second kappa shape index (κ2) is 6.35. The fourth-order valence-electron chi connectivity index (χ4n) is 2.54. The topological polar surface area (TPSA) is 78.6 Å². The van der Waals surface area contributed by atoms with Crippen LogP contribution in [0.4, 0.5) is 13.2 Å². The number of rotatable bonds is 4. The molecule has 0 amide bonds. The van der Waals surface area contributed by atoms with E-state index in [4.69, 9.17) is 18.1 Å². The smallest absolute Gasteiger partial charge is 0.417 e. The highest BCUT2D eigenvalue weighted by molar-refractivity contribution is 5.82. The van der Waals surface area contributed by atoms with Gasteiger partial charge in [0.25, 0.3) is 0 Å². The molecule has 0 aliphatic rings. The van der Waals surface area contributed by atoms with Gasteiger partial charge in [-0.1, -0.05) is 5.16 Å². The molecule has 0 saturated carbocycles. The molecule has 0 spiro atoms. The highest BCUT2D eigenvalue weighted by Crippen LogP contribution is 2.35. The van der Waals surface area contributed by atoms with Gasteiger partial charge in [-0.25, -0.2) is 4.79 Å². The first-order valence-corrected chi connectivity index (χ1v) is 7.67. The largest absolute Gasteiger partial charge is 0.487 e. The Balaban J connectivity index is 1.57. The first-order valence-electron chi connectivity index (χ1n) is 7.67. The van der Waals surface area contributed by atoms with Crippen molar-refractivity contribution in [2.75, 3.05) is 0 Å². The summed E-state index contributed by atoms with van der Waals surface area (Å²) in [6.45, 7) is -0.00108. The Kier molecular flexibility index (Phi) is 3.98. The van der Waals surface area contributed by atoms with Gasteiger partial charge in [-0.3, -0.25) is 0 Å². The van der Waals surface area contributed by atoms with Gasteiger partial charge < -0.3 is 18.1 Å². The third-order valence-electron chi connectivity index (χ3n) is 3.73. The molecule has 27 heavy (non-hydrogen) atoms. The van der Waals surface area contributed by atoms with Gasteiger partial charge in [0, 0.05) is 23.6 Å². The van der Waals surface area contributed by atoms with Gasteiger partial charge in [0.05, 0.1) is 11.8 Å². The van der Waals surface area contributed by atoms with Crippen LogP contribution < -0.4 is 10.4 Å². The summed E-state index contributed by atoms with van der Waals surface area (Å²) in [4.78, 5) is 11.4. The maximum atomic E-state index is 13.0. The number of ether oxygens (including phenoxy) is 1. The monoisotopic (exact) mass is 377 g/mol. The Morgan fingerprint density at radius 2 is 1.93 bits per heavy atom. The van der Waals surface area contributed by atoms with Crippen LogP contribution in [0, 0.1) is 0 Å². The van der Waals surface area contributed by atoms with Gasteiger partial charge in [0.2, 0.25) is 5.76 Å². The van der Waals surface area contributed by atoms with Crippen molar-refractivity contribution in [3.8, 4) is 17.3 Å². The van der Waals surface area contributed by atoms with E-state index in [9.17, 15) is 18.0 Å². The molecule has 0 N–H and O–H groups in total. The van der Waals surface area contributed by atoms with E-state index in [1.165, 1.54) is 24.5 Å². The fourth-order valence-corrected chi connectivity index (χ4v) is 2.54. The molecule has 0 fully saturated rings. The number of furan rings is 1. The first-order chi connectivity index (χ1) is 12.9. The van der Waals surface area contributed by atoms with Gasteiger partial charge in [-0.2, -0.15) is 13.2 Å². The molecule has 3 heterocycles. The molecule has 0 unspecified atom stereocenters. The molecule has 0 aliphatic heterocycles. The van der Waals surface area contributed by atoms with Crippen LogP contribution in [-0.2, 0) is 12.8 Å². The molecule has 3 aromatic heterocycles. The highest BCUT2D eigenvalue weighted by atomic mass is 19.4. The maximum Gasteiger partial charge on any atom is 0.417 e. The van der Waals surface area contributed by atoms with Crippen molar-refractivity contribution < 1.29 is 31.3 Å². The van der Waals surface area contributed by atoms with E-state index in [1.807, 2.05) is 0 Å². The molecule has 9 heteroatoms. The van der Waals surface area contributed by atoms with E-state index < -0.39 is 17.4 Å². The molecule has 6 nitrogen and oxygen atoms in total. The normalized spacial score (nSPS) is 11.8. The molecule has 1 aromatic carbocycles. The number of hydrogen-bond donors (Lipinski definition) is 0. The number of nitrogens with zero attached hydrogens (tertiary/aromatic N) is 1. The van der Waals surface area contributed by atoms with Gasteiger partial charge in [0.15, 0.2) is 5.76 Å². The average molecular weight is 377 g/mol. The minimum atomic E-state index is -4.67. The molecule has 0 bridgehead atoms. The fraction of sp³-hybridized carbons (Fsp3) is 0.111. The molecular weight excluding hydrogens is 367 g/mol. The predicted octanol–water partition coefficient (Wildman–Crippen LogP) is 4.64. The molecule has 4 aromatic rings. The number of alkyl halides is 3. The van der Waals surface area contributed by atoms with Crippen LogP contribution in [0.2, 0.25) is 0 Å². The van der Waals surface area contributed by atoms with Crippen LogP contribution in [-0.4, -0.2) is 5.16 Å². The number of fused-ring (bicyclic) bond motifs is 1. The van der Waals surface area contributed by atoms with E-state index in [2.05, 4.69) is 5.16 Å². The zero-order valence-corrected chi connectivity index (χ0v) is 13.4. The van der Waals surface area contributed by atoms with E-state index in [0.29, 0.717) is 23.3 Å². The van der Waals surface area contributed by atoms with Crippen molar-refractivity contribution in [3.63, 3.8) is 0 Å². The lowest BCUT2D eigenvalue weighted by Crippen LogP contribution is -2.11. The molecule has 4 rings (SSSR count). The number of hydrogen-bond acceptors (Lipinski definition) is 6. The molecule has 0 atom stereocenters. The summed E-state index contributed by atoms with van der Waals surface area (Å²) in [5.41, 5.74) is -1.91. The lowest BCUT2D eigenvalue weighted by Gasteiger charge is -2.10. The zero-order chi connectivity index (χ0) is 19.0. The molecule has 0 radical (unpaired) electrons. The molecule has 138 valence electrons. The minimum Gasteiger partial charge on any atom is -0.487 e. The summed E-state index contributed by atoms with van der Waals surface area (Å²) < 4.78 is 59.8. The minimum absolute atomic E-state index is 0.00108. The van der Waals surface area contributed by atoms with Crippen LogP contribution in [0.1, 0.15) is 11.3 Å². The van der Waals surface area contributed by atoms with Gasteiger partial charge in [-0.05, 0) is 24.3 Å².